The van der Waals surface area contributed by atoms with Crippen LogP contribution in [0.3, 0.4) is 0 Å². The molecule has 5 heteroatoms. The molecular formula is H4CaO3Si. The maximum Gasteiger partial charge on any atom is 2.00 e. The van der Waals surface area contributed by atoms with Crippen LogP contribution in [-0.2, 0) is 4.46 Å². The van der Waals surface area contributed by atoms with Crippen LogP contribution in [0.5, 0.6) is 0 Å². The summed E-state index contributed by atoms with van der Waals surface area (Å²) < 4.78 is 8.74. The third-order valence-corrected chi connectivity index (χ3v) is 0. The summed E-state index contributed by atoms with van der Waals surface area (Å²) in [7, 11) is -3.13. The number of rotatable bonds is 0. The van der Waals surface area contributed by atoms with Gasteiger partial charge in [-0.3, -0.25) is 4.46 Å². The smallest absolute Gasteiger partial charge is 1.00 e. The maximum absolute atomic E-state index is 8.74. The van der Waals surface area contributed by atoms with E-state index in [-0.39, 0.29) is 40.6 Å². The van der Waals surface area contributed by atoms with Crippen LogP contribution >= 0.6 is 0 Å². The van der Waals surface area contributed by atoms with Gasteiger partial charge in [0, 0.05) is 0 Å². The normalized spacial score (nSPS) is 4.80. The Morgan fingerprint density at radius 2 is 1.60 bits per heavy atom. The summed E-state index contributed by atoms with van der Waals surface area (Å²) in [6.45, 7) is 0. The van der Waals surface area contributed by atoms with Crippen molar-refractivity contribution in [2.75, 3.05) is 0 Å². The fourth-order valence-electron chi connectivity index (χ4n) is 0. The second kappa shape index (κ2) is 4.88. The molecule has 0 rings (SSSR count). The van der Waals surface area contributed by atoms with E-state index in [2.05, 4.69) is 0 Å². The third kappa shape index (κ3) is 52.5. The molecule has 3 nitrogen and oxygen atoms in total. The van der Waals surface area contributed by atoms with Crippen LogP contribution in [0.1, 0.15) is 2.85 Å². The van der Waals surface area contributed by atoms with Gasteiger partial charge in [0.05, 0.1) is 0 Å². The minimum Gasteiger partial charge on any atom is -1.00 e. The Bertz CT molecular complexity index is 35.9. The molecule has 0 aromatic rings. The first kappa shape index (κ1) is 9.30. The first-order valence-electron chi connectivity index (χ1n) is 0.651. The van der Waals surface area contributed by atoms with Crippen molar-refractivity contribution < 1.29 is 16.9 Å². The van der Waals surface area contributed by atoms with E-state index < -0.39 is 9.17 Å². The molecule has 0 unspecified atom stereocenters. The zero-order chi connectivity index (χ0) is 3.58. The van der Waals surface area contributed by atoms with Crippen molar-refractivity contribution in [3.8, 4) is 0 Å². The van der Waals surface area contributed by atoms with Crippen molar-refractivity contribution in [1.29, 1.82) is 0 Å². The second-order valence-corrected chi connectivity index (χ2v) is 0.848. The Kier molecular flexibility index (Phi) is 9.07. The molecule has 5 heavy (non-hydrogen) atoms. The van der Waals surface area contributed by atoms with E-state index in [9.17, 15) is 0 Å². The zero-order valence-electron chi connectivity index (χ0n) is 4.51. The maximum atomic E-state index is 8.74. The van der Waals surface area contributed by atoms with Gasteiger partial charge in [0.2, 0.25) is 0 Å². The quantitative estimate of drug-likeness (QED) is 0.372. The first-order chi connectivity index (χ1) is 1.73. The SMILES string of the molecule is O=[Si](O)O.[Ca+2].[H-].[H-]. The Balaban J connectivity index is -0.0000000150. The molecule has 0 aliphatic carbocycles. The molecule has 28 valence electrons. The Labute approximate surface area is 63.5 Å². The molecule has 0 heterocycles. The predicted molar refractivity (Wildman–Crippen MR) is 18.9 cm³/mol. The summed E-state index contributed by atoms with van der Waals surface area (Å²) in [5, 5.41) is 0. The van der Waals surface area contributed by atoms with Gasteiger partial charge in [-0.1, -0.05) is 0 Å². The van der Waals surface area contributed by atoms with Gasteiger partial charge in [0.1, 0.15) is 0 Å². The van der Waals surface area contributed by atoms with Crippen LogP contribution in [0.2, 0.25) is 0 Å². The summed E-state index contributed by atoms with van der Waals surface area (Å²) in [6, 6.07) is 0. The topological polar surface area (TPSA) is 57.5 Å². The van der Waals surface area contributed by atoms with Crippen molar-refractivity contribution in [1.82, 2.24) is 0 Å². The van der Waals surface area contributed by atoms with E-state index in [0.29, 0.717) is 0 Å². The van der Waals surface area contributed by atoms with Gasteiger partial charge < -0.3 is 12.4 Å². The fraction of sp³-hybridized carbons (Fsp3) is 0. The minimum absolute atomic E-state index is 0. The molecule has 0 radical (unpaired) electrons. The second-order valence-electron chi connectivity index (χ2n) is 0.283. The Morgan fingerprint density at radius 1 is 1.60 bits per heavy atom. The fourth-order valence-corrected chi connectivity index (χ4v) is 0. The van der Waals surface area contributed by atoms with Gasteiger partial charge in [0.25, 0.3) is 0 Å². The molecule has 0 amide bonds. The summed E-state index contributed by atoms with van der Waals surface area (Å²) in [6.07, 6.45) is 0. The first-order valence-corrected chi connectivity index (χ1v) is 1.95. The monoisotopic (exact) mass is 120 g/mol. The molecular weight excluding hydrogens is 116 g/mol. The number of hydrogen-bond donors (Lipinski definition) is 2. The van der Waals surface area contributed by atoms with Crippen molar-refractivity contribution in [3.63, 3.8) is 0 Å². The van der Waals surface area contributed by atoms with E-state index >= 15 is 0 Å². The molecule has 0 saturated heterocycles. The van der Waals surface area contributed by atoms with Crippen molar-refractivity contribution in [2.24, 2.45) is 0 Å². The molecule has 0 bridgehead atoms. The standard InChI is InChI=1S/Ca.H2O3Si.2H/c;1-4(2)3;;/h;1-2H;;/q+2;;2*-1. The largest absolute Gasteiger partial charge is 2.00 e. The Hall–Kier alpha value is 0.877. The number of hydrogen-bond acceptors (Lipinski definition) is 1. The average Bonchev–Trinajstić information content (AvgIpc) is 0.811. The van der Waals surface area contributed by atoms with Gasteiger partial charge in [-0.25, -0.2) is 0 Å². The van der Waals surface area contributed by atoms with Gasteiger partial charge in [0.15, 0.2) is 0 Å². The van der Waals surface area contributed by atoms with E-state index in [1.807, 2.05) is 0 Å². The van der Waals surface area contributed by atoms with Crippen LogP contribution in [0.15, 0.2) is 0 Å². The zero-order valence-corrected chi connectivity index (χ0v) is 5.72. The van der Waals surface area contributed by atoms with Crippen LogP contribution in [0.4, 0.5) is 0 Å². The van der Waals surface area contributed by atoms with Gasteiger partial charge in [-0.15, -0.1) is 0 Å². The molecule has 0 fully saturated rings. The predicted octanol–water partition coefficient (Wildman–Crippen LogP) is -1.77. The van der Waals surface area contributed by atoms with E-state index in [0.717, 1.165) is 0 Å². The molecule has 0 aliphatic rings. The summed E-state index contributed by atoms with van der Waals surface area (Å²) in [5.41, 5.74) is 0. The van der Waals surface area contributed by atoms with Gasteiger partial charge >= 0.3 is 46.9 Å². The van der Waals surface area contributed by atoms with Crippen molar-refractivity contribution >= 4 is 46.9 Å². The minimum atomic E-state index is -3.13. The van der Waals surface area contributed by atoms with Gasteiger partial charge in [-0.05, 0) is 0 Å². The van der Waals surface area contributed by atoms with E-state index in [1.165, 1.54) is 0 Å². The molecule has 0 atom stereocenters. The molecule has 0 aromatic carbocycles. The average molecular weight is 120 g/mol. The van der Waals surface area contributed by atoms with Crippen LogP contribution in [0.25, 0.3) is 0 Å². The van der Waals surface area contributed by atoms with E-state index in [1.54, 1.807) is 0 Å². The molecule has 2 N–H and O–H groups in total. The summed E-state index contributed by atoms with van der Waals surface area (Å²) in [5.74, 6) is 0. The summed E-state index contributed by atoms with van der Waals surface area (Å²) in [4.78, 5) is 14.3. The van der Waals surface area contributed by atoms with Crippen molar-refractivity contribution in [2.45, 2.75) is 0 Å². The summed E-state index contributed by atoms with van der Waals surface area (Å²) >= 11 is 0. The molecule has 0 aromatic heterocycles. The molecule has 0 spiro atoms. The van der Waals surface area contributed by atoms with Crippen LogP contribution < -0.4 is 0 Å². The van der Waals surface area contributed by atoms with Gasteiger partial charge in [-0.2, -0.15) is 0 Å². The van der Waals surface area contributed by atoms with Crippen LogP contribution in [-0.4, -0.2) is 56.5 Å². The Morgan fingerprint density at radius 3 is 1.60 bits per heavy atom. The third-order valence-electron chi connectivity index (χ3n) is 0. The van der Waals surface area contributed by atoms with Crippen LogP contribution in [0, 0.1) is 0 Å². The molecule has 0 saturated carbocycles. The van der Waals surface area contributed by atoms with Crippen molar-refractivity contribution in [3.05, 3.63) is 0 Å². The van der Waals surface area contributed by atoms with E-state index in [4.69, 9.17) is 14.1 Å². The molecule has 0 aliphatic heterocycles.